The van der Waals surface area contributed by atoms with Crippen LogP contribution in [0.1, 0.15) is 11.6 Å². The Kier molecular flexibility index (Phi) is 1.88. The van der Waals surface area contributed by atoms with Crippen molar-refractivity contribution in [3.8, 4) is 0 Å². The Morgan fingerprint density at radius 1 is 1.54 bits per heavy atom. The summed E-state index contributed by atoms with van der Waals surface area (Å²) in [5.74, 6) is 0.194. The molecule has 1 aromatic carbocycles. The molecule has 4 heteroatoms. The molecule has 0 saturated heterocycles. The standard InChI is InChI=1S/C9H10FN3/c10-7-3-1-2-6(4-7)8-5-12-9(11)13-8/h1-4,8H,5H2,(H3,11,12,13). The van der Waals surface area contributed by atoms with E-state index in [2.05, 4.69) is 10.3 Å². The monoisotopic (exact) mass is 179 g/mol. The molecule has 3 N–H and O–H groups in total. The van der Waals surface area contributed by atoms with E-state index in [0.29, 0.717) is 12.5 Å². The van der Waals surface area contributed by atoms with Gasteiger partial charge in [0.1, 0.15) is 5.82 Å². The summed E-state index contributed by atoms with van der Waals surface area (Å²) in [5, 5.41) is 2.96. The van der Waals surface area contributed by atoms with Crippen molar-refractivity contribution in [1.82, 2.24) is 5.32 Å². The molecule has 0 aliphatic carbocycles. The highest BCUT2D eigenvalue weighted by atomic mass is 19.1. The zero-order valence-electron chi connectivity index (χ0n) is 7.00. The topological polar surface area (TPSA) is 50.4 Å². The quantitative estimate of drug-likeness (QED) is 0.669. The SMILES string of the molecule is NC1=NCC(c2cccc(F)c2)N1. The minimum Gasteiger partial charge on any atom is -0.370 e. The van der Waals surface area contributed by atoms with Gasteiger partial charge in [-0.2, -0.15) is 0 Å². The van der Waals surface area contributed by atoms with Crippen molar-refractivity contribution < 1.29 is 4.39 Å². The Bertz CT molecular complexity index is 348. The van der Waals surface area contributed by atoms with Gasteiger partial charge in [0.2, 0.25) is 0 Å². The molecule has 0 saturated carbocycles. The zero-order chi connectivity index (χ0) is 9.26. The highest BCUT2D eigenvalue weighted by Gasteiger charge is 2.16. The fraction of sp³-hybridized carbons (Fsp3) is 0.222. The molecule has 1 aliphatic heterocycles. The Labute approximate surface area is 75.5 Å². The van der Waals surface area contributed by atoms with Gasteiger partial charge in [-0.1, -0.05) is 12.1 Å². The number of guanidine groups is 1. The Morgan fingerprint density at radius 3 is 3.00 bits per heavy atom. The lowest BCUT2D eigenvalue weighted by molar-refractivity contribution is 0.617. The summed E-state index contributed by atoms with van der Waals surface area (Å²) in [6.45, 7) is 0.579. The van der Waals surface area contributed by atoms with Crippen LogP contribution >= 0.6 is 0 Å². The van der Waals surface area contributed by atoms with Crippen molar-refractivity contribution in [1.29, 1.82) is 0 Å². The lowest BCUT2D eigenvalue weighted by Crippen LogP contribution is -2.29. The van der Waals surface area contributed by atoms with Crippen molar-refractivity contribution in [2.24, 2.45) is 10.7 Å². The molecule has 1 unspecified atom stereocenters. The number of nitrogens with two attached hydrogens (primary N) is 1. The second-order valence-electron chi connectivity index (χ2n) is 2.98. The minimum absolute atomic E-state index is 0.0238. The molecule has 2 rings (SSSR count). The summed E-state index contributed by atoms with van der Waals surface area (Å²) in [6, 6.07) is 6.47. The molecule has 3 nitrogen and oxygen atoms in total. The Morgan fingerprint density at radius 2 is 2.38 bits per heavy atom. The van der Waals surface area contributed by atoms with Crippen molar-refractivity contribution in [3.05, 3.63) is 35.6 Å². The van der Waals surface area contributed by atoms with Gasteiger partial charge in [0.15, 0.2) is 5.96 Å². The molecule has 0 aromatic heterocycles. The third-order valence-electron chi connectivity index (χ3n) is 2.02. The van der Waals surface area contributed by atoms with E-state index in [0.717, 1.165) is 5.56 Å². The van der Waals surface area contributed by atoms with Crippen LogP contribution in [0.5, 0.6) is 0 Å². The first-order chi connectivity index (χ1) is 6.25. The number of rotatable bonds is 1. The molecule has 13 heavy (non-hydrogen) atoms. The number of halogens is 1. The van der Waals surface area contributed by atoms with Crippen molar-refractivity contribution >= 4 is 5.96 Å². The van der Waals surface area contributed by atoms with Gasteiger partial charge in [-0.25, -0.2) is 4.39 Å². The van der Waals surface area contributed by atoms with Crippen LogP contribution in [0.2, 0.25) is 0 Å². The first kappa shape index (κ1) is 8.04. The molecule has 0 bridgehead atoms. The van der Waals surface area contributed by atoms with Crippen LogP contribution in [-0.4, -0.2) is 12.5 Å². The van der Waals surface area contributed by atoms with Crippen molar-refractivity contribution in [3.63, 3.8) is 0 Å². The van der Waals surface area contributed by atoms with Crippen LogP contribution in [-0.2, 0) is 0 Å². The van der Waals surface area contributed by atoms with Gasteiger partial charge < -0.3 is 11.1 Å². The molecule has 0 fully saturated rings. The highest BCUT2D eigenvalue weighted by Crippen LogP contribution is 2.16. The third-order valence-corrected chi connectivity index (χ3v) is 2.02. The van der Waals surface area contributed by atoms with Crippen LogP contribution < -0.4 is 11.1 Å². The lowest BCUT2D eigenvalue weighted by Gasteiger charge is -2.10. The fourth-order valence-electron chi connectivity index (χ4n) is 1.37. The number of hydrogen-bond acceptors (Lipinski definition) is 3. The van der Waals surface area contributed by atoms with Gasteiger partial charge >= 0.3 is 0 Å². The number of aliphatic imine (C=N–C) groups is 1. The maximum absolute atomic E-state index is 12.8. The summed E-state index contributed by atoms with van der Waals surface area (Å²) in [7, 11) is 0. The molecule has 1 heterocycles. The van der Waals surface area contributed by atoms with Crippen LogP contribution in [0.3, 0.4) is 0 Å². The smallest absolute Gasteiger partial charge is 0.189 e. The summed E-state index contributed by atoms with van der Waals surface area (Å²) in [5.41, 5.74) is 6.32. The van der Waals surface area contributed by atoms with Crippen molar-refractivity contribution in [2.75, 3.05) is 6.54 Å². The molecule has 1 aromatic rings. The summed E-state index contributed by atoms with van der Waals surface area (Å²) in [6.07, 6.45) is 0. The van der Waals surface area contributed by atoms with Crippen LogP contribution in [0.25, 0.3) is 0 Å². The summed E-state index contributed by atoms with van der Waals surface area (Å²) in [4.78, 5) is 3.98. The Balaban J connectivity index is 2.18. The maximum Gasteiger partial charge on any atom is 0.189 e. The average molecular weight is 179 g/mol. The van der Waals surface area contributed by atoms with E-state index < -0.39 is 0 Å². The molecule has 0 radical (unpaired) electrons. The van der Waals surface area contributed by atoms with Gasteiger partial charge in [-0.05, 0) is 17.7 Å². The lowest BCUT2D eigenvalue weighted by atomic mass is 10.1. The largest absolute Gasteiger partial charge is 0.370 e. The number of benzene rings is 1. The minimum atomic E-state index is -0.232. The molecular formula is C9H10FN3. The van der Waals surface area contributed by atoms with E-state index in [1.54, 1.807) is 6.07 Å². The molecule has 68 valence electrons. The second kappa shape index (κ2) is 3.05. The first-order valence-electron chi connectivity index (χ1n) is 4.07. The predicted octanol–water partition coefficient (Wildman–Crippen LogP) is 0.785. The van der Waals surface area contributed by atoms with Gasteiger partial charge in [-0.3, -0.25) is 4.99 Å². The van der Waals surface area contributed by atoms with Gasteiger partial charge in [0.25, 0.3) is 0 Å². The van der Waals surface area contributed by atoms with E-state index in [9.17, 15) is 4.39 Å². The van der Waals surface area contributed by atoms with E-state index in [1.807, 2.05) is 6.07 Å². The molecular weight excluding hydrogens is 169 g/mol. The van der Waals surface area contributed by atoms with E-state index in [1.165, 1.54) is 12.1 Å². The normalized spacial score (nSPS) is 21.0. The molecule has 1 aliphatic rings. The third kappa shape index (κ3) is 1.61. The summed E-state index contributed by atoms with van der Waals surface area (Å²) >= 11 is 0. The maximum atomic E-state index is 12.8. The van der Waals surface area contributed by atoms with E-state index in [-0.39, 0.29) is 11.9 Å². The van der Waals surface area contributed by atoms with Crippen LogP contribution in [0, 0.1) is 5.82 Å². The average Bonchev–Trinajstić information content (AvgIpc) is 2.52. The zero-order valence-corrected chi connectivity index (χ0v) is 7.00. The number of nitrogens with one attached hydrogen (secondary N) is 1. The van der Waals surface area contributed by atoms with E-state index in [4.69, 9.17) is 5.73 Å². The Hall–Kier alpha value is -1.58. The second-order valence-corrected chi connectivity index (χ2v) is 2.98. The van der Waals surface area contributed by atoms with Crippen LogP contribution in [0.4, 0.5) is 4.39 Å². The summed E-state index contributed by atoms with van der Waals surface area (Å²) < 4.78 is 12.8. The van der Waals surface area contributed by atoms with Gasteiger partial charge in [0.05, 0.1) is 12.6 Å². The van der Waals surface area contributed by atoms with E-state index >= 15 is 0 Å². The fourth-order valence-corrected chi connectivity index (χ4v) is 1.37. The molecule has 0 spiro atoms. The first-order valence-corrected chi connectivity index (χ1v) is 4.07. The van der Waals surface area contributed by atoms with Crippen molar-refractivity contribution in [2.45, 2.75) is 6.04 Å². The number of nitrogens with zero attached hydrogens (tertiary/aromatic N) is 1. The van der Waals surface area contributed by atoms with Crippen LogP contribution in [0.15, 0.2) is 29.3 Å². The predicted molar refractivity (Wildman–Crippen MR) is 48.8 cm³/mol. The number of hydrogen-bond donors (Lipinski definition) is 2. The van der Waals surface area contributed by atoms with Gasteiger partial charge in [0, 0.05) is 0 Å². The molecule has 1 atom stereocenters. The highest BCUT2D eigenvalue weighted by molar-refractivity contribution is 5.80. The molecule has 0 amide bonds. The van der Waals surface area contributed by atoms with Gasteiger partial charge in [-0.15, -0.1) is 0 Å².